The van der Waals surface area contributed by atoms with Gasteiger partial charge in [-0.15, -0.1) is 0 Å². The number of hydrogen-bond acceptors (Lipinski definition) is 3. The number of furan rings is 1. The van der Waals surface area contributed by atoms with E-state index in [0.717, 1.165) is 24.4 Å². The van der Waals surface area contributed by atoms with E-state index < -0.39 is 0 Å². The highest BCUT2D eigenvalue weighted by atomic mass is 32.2. The van der Waals surface area contributed by atoms with E-state index in [1.165, 1.54) is 10.9 Å². The van der Waals surface area contributed by atoms with E-state index in [1.807, 2.05) is 36.2 Å². The molecule has 0 saturated carbocycles. The van der Waals surface area contributed by atoms with E-state index >= 15 is 0 Å². The lowest BCUT2D eigenvalue weighted by Crippen LogP contribution is -2.16. The summed E-state index contributed by atoms with van der Waals surface area (Å²) in [6.07, 6.45) is 3.96. The van der Waals surface area contributed by atoms with Gasteiger partial charge >= 0.3 is 0 Å². The van der Waals surface area contributed by atoms with Crippen LogP contribution in [0, 0.1) is 0 Å². The normalized spacial score (nSPS) is 11.0. The van der Waals surface area contributed by atoms with E-state index in [2.05, 4.69) is 17.6 Å². The number of hydrogen-bond donors (Lipinski definition) is 1. The summed E-state index contributed by atoms with van der Waals surface area (Å²) in [7, 11) is 0. The van der Waals surface area contributed by atoms with Crippen molar-refractivity contribution in [1.29, 1.82) is 0 Å². The summed E-state index contributed by atoms with van der Waals surface area (Å²) in [5.74, 6) is 1.15. The zero-order chi connectivity index (χ0) is 10.5. The Balaban J connectivity index is 2.02. The topological polar surface area (TPSA) is 25.2 Å². The number of nitrogens with one attached hydrogen (secondary N) is 1. The maximum Gasteiger partial charge on any atom is 0.134 e. The van der Waals surface area contributed by atoms with Crippen LogP contribution in [0.4, 0.5) is 0 Å². The van der Waals surface area contributed by atoms with Crippen molar-refractivity contribution in [3.05, 3.63) is 36.1 Å². The number of para-hydroxylation sites is 1. The molecule has 1 N–H and O–H groups in total. The fourth-order valence-corrected chi connectivity index (χ4v) is 1.92. The van der Waals surface area contributed by atoms with Crippen LogP contribution in [0.1, 0.15) is 5.56 Å². The molecule has 0 aliphatic heterocycles. The molecule has 0 aliphatic rings. The summed E-state index contributed by atoms with van der Waals surface area (Å²) in [5, 5.41) is 4.62. The van der Waals surface area contributed by atoms with Crippen molar-refractivity contribution >= 4 is 22.7 Å². The van der Waals surface area contributed by atoms with Crippen molar-refractivity contribution in [2.45, 2.75) is 6.54 Å². The largest absolute Gasteiger partial charge is 0.464 e. The van der Waals surface area contributed by atoms with Crippen LogP contribution in [0.25, 0.3) is 11.0 Å². The van der Waals surface area contributed by atoms with Gasteiger partial charge < -0.3 is 9.73 Å². The predicted molar refractivity (Wildman–Crippen MR) is 66.3 cm³/mol. The van der Waals surface area contributed by atoms with Gasteiger partial charge in [0.15, 0.2) is 0 Å². The first-order valence-corrected chi connectivity index (χ1v) is 6.46. The molecule has 2 aromatic rings. The molecule has 15 heavy (non-hydrogen) atoms. The maximum absolute atomic E-state index is 5.46. The summed E-state index contributed by atoms with van der Waals surface area (Å²) in [5.41, 5.74) is 2.21. The van der Waals surface area contributed by atoms with Crippen LogP contribution in [0.5, 0.6) is 0 Å². The molecule has 0 radical (unpaired) electrons. The Kier molecular flexibility index (Phi) is 3.69. The first-order chi connectivity index (χ1) is 7.42. The number of thioether (sulfide) groups is 1. The Hall–Kier alpha value is -0.930. The van der Waals surface area contributed by atoms with Gasteiger partial charge in [0.1, 0.15) is 5.58 Å². The summed E-state index contributed by atoms with van der Waals surface area (Å²) >= 11 is 1.86. The van der Waals surface area contributed by atoms with Crippen LogP contribution < -0.4 is 5.32 Å². The quantitative estimate of drug-likeness (QED) is 0.786. The average molecular weight is 221 g/mol. The molecule has 0 unspecified atom stereocenters. The number of fused-ring (bicyclic) bond motifs is 1. The monoisotopic (exact) mass is 221 g/mol. The highest BCUT2D eigenvalue weighted by Gasteiger charge is 2.03. The Morgan fingerprint density at radius 3 is 3.07 bits per heavy atom. The fraction of sp³-hybridized carbons (Fsp3) is 0.333. The molecule has 2 nitrogen and oxygen atoms in total. The summed E-state index contributed by atoms with van der Waals surface area (Å²) < 4.78 is 5.46. The van der Waals surface area contributed by atoms with Gasteiger partial charge in [-0.1, -0.05) is 18.2 Å². The van der Waals surface area contributed by atoms with E-state index in [4.69, 9.17) is 4.42 Å². The zero-order valence-electron chi connectivity index (χ0n) is 8.82. The van der Waals surface area contributed by atoms with Crippen LogP contribution in [-0.4, -0.2) is 18.6 Å². The lowest BCUT2D eigenvalue weighted by Gasteiger charge is -2.01. The van der Waals surface area contributed by atoms with Gasteiger partial charge in [0.25, 0.3) is 0 Å². The summed E-state index contributed by atoms with van der Waals surface area (Å²) in [4.78, 5) is 0. The zero-order valence-corrected chi connectivity index (χ0v) is 9.64. The molecule has 0 atom stereocenters. The Labute approximate surface area is 94.0 Å². The van der Waals surface area contributed by atoms with Gasteiger partial charge in [-0.3, -0.25) is 0 Å². The number of rotatable bonds is 5. The molecule has 3 heteroatoms. The van der Waals surface area contributed by atoms with Crippen molar-refractivity contribution in [2.24, 2.45) is 0 Å². The van der Waals surface area contributed by atoms with Crippen molar-refractivity contribution in [3.8, 4) is 0 Å². The van der Waals surface area contributed by atoms with E-state index in [0.29, 0.717) is 0 Å². The van der Waals surface area contributed by atoms with Crippen LogP contribution in [0.15, 0.2) is 34.9 Å². The van der Waals surface area contributed by atoms with Crippen molar-refractivity contribution < 1.29 is 4.42 Å². The fourth-order valence-electron chi connectivity index (χ4n) is 1.57. The first-order valence-electron chi connectivity index (χ1n) is 5.06. The molecule has 0 saturated heterocycles. The van der Waals surface area contributed by atoms with E-state index in [9.17, 15) is 0 Å². The molecule has 80 valence electrons. The van der Waals surface area contributed by atoms with Crippen LogP contribution in [0.2, 0.25) is 0 Å². The second-order valence-electron chi connectivity index (χ2n) is 3.43. The molecule has 0 bridgehead atoms. The molecule has 1 aromatic heterocycles. The minimum Gasteiger partial charge on any atom is -0.464 e. The summed E-state index contributed by atoms with van der Waals surface area (Å²) in [6.45, 7) is 1.93. The minimum absolute atomic E-state index is 0.886. The van der Waals surface area contributed by atoms with Gasteiger partial charge in [0.2, 0.25) is 0 Å². The molecule has 2 rings (SSSR count). The maximum atomic E-state index is 5.46. The standard InChI is InChI=1S/C12H15NOS/c1-15-7-6-13-8-10-9-14-12-5-3-2-4-11(10)12/h2-5,9,13H,6-8H2,1H3. The second kappa shape index (κ2) is 5.24. The Morgan fingerprint density at radius 2 is 2.20 bits per heavy atom. The lowest BCUT2D eigenvalue weighted by atomic mass is 10.2. The highest BCUT2D eigenvalue weighted by Crippen LogP contribution is 2.20. The van der Waals surface area contributed by atoms with E-state index in [-0.39, 0.29) is 0 Å². The molecule has 0 spiro atoms. The lowest BCUT2D eigenvalue weighted by molar-refractivity contribution is 0.605. The molecular weight excluding hydrogens is 206 g/mol. The third-order valence-corrected chi connectivity index (χ3v) is 2.97. The molecule has 0 aliphatic carbocycles. The average Bonchev–Trinajstić information content (AvgIpc) is 2.68. The molecule has 1 aromatic carbocycles. The predicted octanol–water partition coefficient (Wildman–Crippen LogP) is 2.89. The molecule has 0 fully saturated rings. The molecule has 0 amide bonds. The SMILES string of the molecule is CSCCNCc1coc2ccccc12. The minimum atomic E-state index is 0.886. The van der Waals surface area contributed by atoms with Crippen molar-refractivity contribution in [3.63, 3.8) is 0 Å². The van der Waals surface area contributed by atoms with Gasteiger partial charge in [-0.2, -0.15) is 11.8 Å². The third kappa shape index (κ3) is 2.55. The number of benzene rings is 1. The van der Waals surface area contributed by atoms with Crippen LogP contribution in [0.3, 0.4) is 0 Å². The van der Waals surface area contributed by atoms with E-state index in [1.54, 1.807) is 0 Å². The van der Waals surface area contributed by atoms with Crippen molar-refractivity contribution in [2.75, 3.05) is 18.6 Å². The van der Waals surface area contributed by atoms with Gasteiger partial charge in [-0.25, -0.2) is 0 Å². The van der Waals surface area contributed by atoms with Gasteiger partial charge in [0.05, 0.1) is 6.26 Å². The van der Waals surface area contributed by atoms with Gasteiger partial charge in [-0.05, 0) is 12.3 Å². The van der Waals surface area contributed by atoms with Crippen LogP contribution in [-0.2, 0) is 6.54 Å². The smallest absolute Gasteiger partial charge is 0.134 e. The highest BCUT2D eigenvalue weighted by molar-refractivity contribution is 7.98. The molecule has 1 heterocycles. The van der Waals surface area contributed by atoms with Crippen molar-refractivity contribution in [1.82, 2.24) is 5.32 Å². The second-order valence-corrected chi connectivity index (χ2v) is 4.41. The Morgan fingerprint density at radius 1 is 1.33 bits per heavy atom. The van der Waals surface area contributed by atoms with Gasteiger partial charge in [0, 0.05) is 29.8 Å². The first kappa shape index (κ1) is 10.6. The molecular formula is C12H15NOS. The third-order valence-electron chi connectivity index (χ3n) is 2.36. The summed E-state index contributed by atoms with van der Waals surface area (Å²) in [6, 6.07) is 8.14. The Bertz CT molecular complexity index is 424. The van der Waals surface area contributed by atoms with Crippen LogP contribution >= 0.6 is 11.8 Å².